The Hall–Kier alpha value is -3.12. The van der Waals surface area contributed by atoms with Crippen molar-refractivity contribution in [3.8, 4) is 0 Å². The molecule has 170 valence electrons. The fourth-order valence-corrected chi connectivity index (χ4v) is 4.82. The molecule has 4 N–H and O–H groups in total. The molecule has 0 aliphatic heterocycles. The Labute approximate surface area is 192 Å². The first-order valence-electron chi connectivity index (χ1n) is 9.62. The molecule has 0 fully saturated rings. The molecule has 32 heavy (non-hydrogen) atoms. The molecule has 2 aromatic carbocycles. The predicted octanol–water partition coefficient (Wildman–Crippen LogP) is 4.15. The van der Waals surface area contributed by atoms with Crippen molar-refractivity contribution in [1.82, 2.24) is 0 Å². The number of thioether (sulfide) groups is 2. The molecule has 2 amide bonds. The monoisotopic (exact) mass is 478 g/mol. The average Bonchev–Trinajstić information content (AvgIpc) is 2.75. The van der Waals surface area contributed by atoms with Gasteiger partial charge in [-0.3, -0.25) is 29.8 Å². The van der Waals surface area contributed by atoms with Crippen molar-refractivity contribution in [2.45, 2.75) is 35.5 Å². The standard InChI is InChI=1S/C20H22N4O6S2/c21-19(25)13-5-7-17(15(11-13)23(27)28)31-9-3-1-2-4-10-32-18-8-6-14(20(22)26)12-16(18)24(29)30/h5-8,11-12H,1-4,9-10H2,(H2,21,25)(H2,22,26). The van der Waals surface area contributed by atoms with Crippen LogP contribution in [0.15, 0.2) is 46.2 Å². The van der Waals surface area contributed by atoms with Crippen LogP contribution in [0, 0.1) is 20.2 Å². The van der Waals surface area contributed by atoms with Crippen LogP contribution in [0.4, 0.5) is 11.4 Å². The average molecular weight is 479 g/mol. The van der Waals surface area contributed by atoms with E-state index >= 15 is 0 Å². The molecule has 0 bridgehead atoms. The summed E-state index contributed by atoms with van der Waals surface area (Å²) in [4.78, 5) is 44.7. The smallest absolute Gasteiger partial charge is 0.283 e. The van der Waals surface area contributed by atoms with Crippen LogP contribution < -0.4 is 11.5 Å². The molecule has 0 unspecified atom stereocenters. The maximum atomic E-state index is 11.2. The molecule has 2 rings (SSSR count). The molecule has 2 aromatic rings. The van der Waals surface area contributed by atoms with Gasteiger partial charge in [0.1, 0.15) is 0 Å². The Morgan fingerprint density at radius 1 is 0.719 bits per heavy atom. The molecular weight excluding hydrogens is 456 g/mol. The zero-order valence-electron chi connectivity index (χ0n) is 17.0. The number of rotatable bonds is 13. The number of hydrogen-bond acceptors (Lipinski definition) is 8. The first-order chi connectivity index (χ1) is 15.2. The molecule has 12 heteroatoms. The second kappa shape index (κ2) is 12.1. The second-order valence-electron chi connectivity index (χ2n) is 6.72. The van der Waals surface area contributed by atoms with Gasteiger partial charge in [0.05, 0.1) is 19.6 Å². The summed E-state index contributed by atoms with van der Waals surface area (Å²) in [5.74, 6) is -0.0539. The fourth-order valence-electron chi connectivity index (χ4n) is 2.79. The second-order valence-corrected chi connectivity index (χ2v) is 8.99. The third-order valence-corrected chi connectivity index (χ3v) is 6.73. The number of carbonyl (C=O) groups is 2. The number of nitro benzene ring substituents is 2. The lowest BCUT2D eigenvalue weighted by Gasteiger charge is -2.06. The first-order valence-corrected chi connectivity index (χ1v) is 11.6. The number of hydrogen-bond donors (Lipinski definition) is 2. The summed E-state index contributed by atoms with van der Waals surface area (Å²) in [7, 11) is 0. The number of nitrogens with two attached hydrogens (primary N) is 2. The molecule has 0 heterocycles. The Kier molecular flexibility index (Phi) is 9.47. The van der Waals surface area contributed by atoms with Crippen molar-refractivity contribution in [3.63, 3.8) is 0 Å². The zero-order chi connectivity index (χ0) is 23.7. The highest BCUT2D eigenvalue weighted by atomic mass is 32.2. The molecule has 0 saturated heterocycles. The van der Waals surface area contributed by atoms with Gasteiger partial charge in [0.25, 0.3) is 11.4 Å². The van der Waals surface area contributed by atoms with E-state index in [0.29, 0.717) is 21.3 Å². The lowest BCUT2D eigenvalue weighted by Crippen LogP contribution is -2.11. The number of nitrogens with zero attached hydrogens (tertiary/aromatic N) is 2. The van der Waals surface area contributed by atoms with Crippen molar-refractivity contribution < 1.29 is 19.4 Å². The number of primary amides is 2. The SMILES string of the molecule is NC(=O)c1ccc(SCCCCCCSc2ccc(C(N)=O)cc2[N+](=O)[O-])c([N+](=O)[O-])c1. The molecule has 0 aliphatic carbocycles. The van der Waals surface area contributed by atoms with E-state index in [1.807, 2.05) is 0 Å². The third-order valence-electron chi connectivity index (χ3n) is 4.43. The van der Waals surface area contributed by atoms with E-state index < -0.39 is 21.7 Å². The molecule has 0 atom stereocenters. The van der Waals surface area contributed by atoms with E-state index in [9.17, 15) is 29.8 Å². The Morgan fingerprint density at radius 3 is 1.41 bits per heavy atom. The zero-order valence-corrected chi connectivity index (χ0v) is 18.7. The molecular formula is C20H22N4O6S2. The summed E-state index contributed by atoms with van der Waals surface area (Å²) in [6.45, 7) is 0. The minimum absolute atomic E-state index is 0.100. The molecule has 0 saturated carbocycles. The Morgan fingerprint density at radius 2 is 1.09 bits per heavy atom. The maximum absolute atomic E-state index is 11.2. The van der Waals surface area contributed by atoms with Gasteiger partial charge in [-0.15, -0.1) is 23.5 Å². The van der Waals surface area contributed by atoms with Gasteiger partial charge in [0, 0.05) is 23.3 Å². The van der Waals surface area contributed by atoms with Gasteiger partial charge in [-0.25, -0.2) is 0 Å². The fraction of sp³-hybridized carbons (Fsp3) is 0.300. The quantitative estimate of drug-likeness (QED) is 0.187. The Balaban J connectivity index is 1.75. The molecule has 0 radical (unpaired) electrons. The van der Waals surface area contributed by atoms with Crippen LogP contribution in [-0.4, -0.2) is 33.2 Å². The van der Waals surface area contributed by atoms with Crippen molar-refractivity contribution >= 4 is 46.7 Å². The van der Waals surface area contributed by atoms with Crippen LogP contribution in [-0.2, 0) is 0 Å². The van der Waals surface area contributed by atoms with Crippen LogP contribution in [0.1, 0.15) is 46.4 Å². The van der Waals surface area contributed by atoms with Crippen molar-refractivity contribution in [3.05, 3.63) is 67.8 Å². The normalized spacial score (nSPS) is 10.6. The number of carbonyl (C=O) groups excluding carboxylic acids is 2. The summed E-state index contributed by atoms with van der Waals surface area (Å²) < 4.78 is 0. The summed E-state index contributed by atoms with van der Waals surface area (Å²) in [6, 6.07) is 8.41. The topological polar surface area (TPSA) is 172 Å². The van der Waals surface area contributed by atoms with Crippen molar-refractivity contribution in [1.29, 1.82) is 0 Å². The van der Waals surface area contributed by atoms with E-state index in [0.717, 1.165) is 25.7 Å². The summed E-state index contributed by atoms with van der Waals surface area (Å²) in [5.41, 5.74) is 10.3. The van der Waals surface area contributed by atoms with Gasteiger partial charge in [0.2, 0.25) is 11.8 Å². The molecule has 0 aliphatic rings. The summed E-state index contributed by atoms with van der Waals surface area (Å²) >= 11 is 2.71. The van der Waals surface area contributed by atoms with Crippen molar-refractivity contribution in [2.75, 3.05) is 11.5 Å². The van der Waals surface area contributed by atoms with E-state index in [-0.39, 0.29) is 22.5 Å². The first kappa shape index (κ1) is 25.1. The van der Waals surface area contributed by atoms with Gasteiger partial charge in [-0.2, -0.15) is 0 Å². The molecule has 0 spiro atoms. The number of nitro groups is 2. The van der Waals surface area contributed by atoms with E-state index in [2.05, 4.69) is 0 Å². The van der Waals surface area contributed by atoms with E-state index in [1.54, 1.807) is 0 Å². The minimum atomic E-state index is -0.711. The van der Waals surface area contributed by atoms with Crippen LogP contribution in [0.25, 0.3) is 0 Å². The van der Waals surface area contributed by atoms with Gasteiger partial charge >= 0.3 is 0 Å². The van der Waals surface area contributed by atoms with Crippen LogP contribution >= 0.6 is 23.5 Å². The predicted molar refractivity (Wildman–Crippen MR) is 123 cm³/mol. The van der Waals surface area contributed by atoms with E-state index in [4.69, 9.17) is 11.5 Å². The van der Waals surface area contributed by atoms with Gasteiger partial charge in [-0.05, 0) is 48.6 Å². The lowest BCUT2D eigenvalue weighted by molar-refractivity contribution is -0.387. The number of unbranched alkanes of at least 4 members (excludes halogenated alkanes) is 3. The molecule has 10 nitrogen and oxygen atoms in total. The number of benzene rings is 2. The van der Waals surface area contributed by atoms with Crippen LogP contribution in [0.5, 0.6) is 0 Å². The molecule has 0 aromatic heterocycles. The van der Waals surface area contributed by atoms with Gasteiger partial charge < -0.3 is 11.5 Å². The summed E-state index contributed by atoms with van der Waals surface area (Å²) in [6.07, 6.45) is 3.50. The third kappa shape index (κ3) is 7.24. The minimum Gasteiger partial charge on any atom is -0.366 e. The van der Waals surface area contributed by atoms with Crippen LogP contribution in [0.2, 0.25) is 0 Å². The maximum Gasteiger partial charge on any atom is 0.283 e. The van der Waals surface area contributed by atoms with Crippen LogP contribution in [0.3, 0.4) is 0 Å². The highest BCUT2D eigenvalue weighted by molar-refractivity contribution is 7.99. The highest BCUT2D eigenvalue weighted by Gasteiger charge is 2.18. The highest BCUT2D eigenvalue weighted by Crippen LogP contribution is 2.32. The largest absolute Gasteiger partial charge is 0.366 e. The Bertz CT molecular complexity index is 950. The van der Waals surface area contributed by atoms with Crippen molar-refractivity contribution in [2.24, 2.45) is 11.5 Å². The summed E-state index contributed by atoms with van der Waals surface area (Å²) in [5, 5.41) is 22.4. The van der Waals surface area contributed by atoms with Gasteiger partial charge in [0.15, 0.2) is 0 Å². The lowest BCUT2D eigenvalue weighted by atomic mass is 10.2. The number of amides is 2. The van der Waals surface area contributed by atoms with E-state index in [1.165, 1.54) is 59.9 Å². The van der Waals surface area contributed by atoms with Gasteiger partial charge in [-0.1, -0.05) is 12.8 Å².